The van der Waals surface area contributed by atoms with Crippen molar-refractivity contribution in [2.24, 2.45) is 0 Å². The van der Waals surface area contributed by atoms with Crippen LogP contribution in [-0.4, -0.2) is 36.8 Å². The summed E-state index contributed by atoms with van der Waals surface area (Å²) in [7, 11) is -5.63. The first-order chi connectivity index (χ1) is 13.4. The number of amides is 2. The molecule has 12 heteroatoms. The highest BCUT2D eigenvalue weighted by atomic mass is 32.2. The van der Waals surface area contributed by atoms with E-state index < -0.39 is 39.0 Å². The van der Waals surface area contributed by atoms with Gasteiger partial charge in [0.05, 0.1) is 22.4 Å². The Labute approximate surface area is 161 Å². The third-order valence-corrected chi connectivity index (χ3v) is 5.04. The van der Waals surface area contributed by atoms with Gasteiger partial charge in [-0.05, 0) is 42.8 Å². The summed E-state index contributed by atoms with van der Waals surface area (Å²) >= 11 is 0. The third kappa shape index (κ3) is 3.66. The minimum absolute atomic E-state index is 0.0189. The molecule has 0 saturated heterocycles. The molecule has 3 rings (SSSR count). The Kier molecular flexibility index (Phi) is 4.82. The summed E-state index contributed by atoms with van der Waals surface area (Å²) < 4.78 is 61.2. The minimum Gasteiger partial charge on any atom is -0.324 e. The molecule has 2 aromatic rings. The second-order valence-electron chi connectivity index (χ2n) is 5.91. The SMILES string of the molecule is Cc1cc(C(=O)ON2C(=O)c3ccccc3C2=O)ccc1NS(=O)(=O)C(F)(F)F. The van der Waals surface area contributed by atoms with Crippen molar-refractivity contribution in [2.75, 3.05) is 4.72 Å². The number of carbonyl (C=O) groups excluding carboxylic acids is 3. The van der Waals surface area contributed by atoms with Crippen LogP contribution in [0.3, 0.4) is 0 Å². The van der Waals surface area contributed by atoms with Crippen LogP contribution in [0.15, 0.2) is 42.5 Å². The number of nitrogens with zero attached hydrogens (tertiary/aromatic N) is 1. The Balaban J connectivity index is 1.79. The maximum absolute atomic E-state index is 12.5. The molecule has 1 N–H and O–H groups in total. The number of anilines is 1. The van der Waals surface area contributed by atoms with Crippen LogP contribution in [0.5, 0.6) is 0 Å². The van der Waals surface area contributed by atoms with E-state index in [0.29, 0.717) is 0 Å². The van der Waals surface area contributed by atoms with Crippen molar-refractivity contribution >= 4 is 33.5 Å². The zero-order valence-corrected chi connectivity index (χ0v) is 15.3. The minimum atomic E-state index is -5.63. The number of halogens is 3. The molecule has 1 aliphatic rings. The monoisotopic (exact) mass is 428 g/mol. The van der Waals surface area contributed by atoms with E-state index in [4.69, 9.17) is 4.84 Å². The topological polar surface area (TPSA) is 110 Å². The van der Waals surface area contributed by atoms with Gasteiger partial charge in [0, 0.05) is 0 Å². The Morgan fingerprint density at radius 1 is 1.03 bits per heavy atom. The molecular formula is C17H11F3N2O6S. The molecule has 152 valence electrons. The lowest BCUT2D eigenvalue weighted by Crippen LogP contribution is -2.32. The van der Waals surface area contributed by atoms with Crippen LogP contribution in [0.25, 0.3) is 0 Å². The molecule has 1 heterocycles. The van der Waals surface area contributed by atoms with Crippen molar-refractivity contribution < 1.29 is 40.8 Å². The summed E-state index contributed by atoms with van der Waals surface area (Å²) in [6.45, 7) is 1.26. The van der Waals surface area contributed by atoms with Crippen molar-refractivity contribution in [1.82, 2.24) is 5.06 Å². The molecule has 0 atom stereocenters. The van der Waals surface area contributed by atoms with E-state index in [1.807, 2.05) is 0 Å². The summed E-state index contributed by atoms with van der Waals surface area (Å²) in [5, 5.41) is 0.280. The van der Waals surface area contributed by atoms with Crippen molar-refractivity contribution in [2.45, 2.75) is 12.4 Å². The maximum atomic E-state index is 12.5. The molecular weight excluding hydrogens is 417 g/mol. The van der Waals surface area contributed by atoms with Gasteiger partial charge in [0.25, 0.3) is 11.8 Å². The van der Waals surface area contributed by atoms with Crippen LogP contribution in [0, 0.1) is 6.92 Å². The quantitative estimate of drug-likeness (QED) is 0.750. The molecule has 0 fully saturated rings. The Morgan fingerprint density at radius 2 is 1.59 bits per heavy atom. The molecule has 1 aliphatic heterocycles. The number of sulfonamides is 1. The normalized spacial score (nSPS) is 14.0. The summed E-state index contributed by atoms with van der Waals surface area (Å²) in [6, 6.07) is 8.79. The number of nitrogens with one attached hydrogen (secondary N) is 1. The van der Waals surface area contributed by atoms with Gasteiger partial charge in [-0.2, -0.15) is 21.6 Å². The van der Waals surface area contributed by atoms with Gasteiger partial charge in [-0.1, -0.05) is 17.2 Å². The predicted molar refractivity (Wildman–Crippen MR) is 92.1 cm³/mol. The Morgan fingerprint density at radius 3 is 2.07 bits per heavy atom. The van der Waals surface area contributed by atoms with Gasteiger partial charge >= 0.3 is 21.5 Å². The van der Waals surface area contributed by atoms with Gasteiger partial charge in [-0.15, -0.1) is 0 Å². The fourth-order valence-electron chi connectivity index (χ4n) is 2.49. The lowest BCUT2D eigenvalue weighted by atomic mass is 10.1. The number of hydrogen-bond donors (Lipinski definition) is 1. The zero-order valence-electron chi connectivity index (χ0n) is 14.5. The van der Waals surface area contributed by atoms with Crippen molar-refractivity contribution in [3.63, 3.8) is 0 Å². The van der Waals surface area contributed by atoms with Crippen LogP contribution in [-0.2, 0) is 14.9 Å². The van der Waals surface area contributed by atoms with Crippen LogP contribution in [0.1, 0.15) is 36.6 Å². The van der Waals surface area contributed by atoms with E-state index in [-0.39, 0.29) is 27.3 Å². The number of rotatable bonds is 4. The van der Waals surface area contributed by atoms with Crippen molar-refractivity contribution in [3.8, 4) is 0 Å². The Bertz CT molecular complexity index is 1110. The largest absolute Gasteiger partial charge is 0.516 e. The van der Waals surface area contributed by atoms with Crippen molar-refractivity contribution in [3.05, 3.63) is 64.7 Å². The summed E-state index contributed by atoms with van der Waals surface area (Å²) in [5.74, 6) is -2.82. The molecule has 2 aromatic carbocycles. The molecule has 0 aliphatic carbocycles. The van der Waals surface area contributed by atoms with E-state index in [9.17, 15) is 36.0 Å². The lowest BCUT2D eigenvalue weighted by molar-refractivity contribution is -0.0584. The molecule has 0 unspecified atom stereocenters. The third-order valence-electron chi connectivity index (χ3n) is 3.94. The number of benzene rings is 2. The molecule has 0 saturated carbocycles. The lowest BCUT2D eigenvalue weighted by Gasteiger charge is -2.15. The zero-order chi connectivity index (χ0) is 21.6. The van der Waals surface area contributed by atoms with E-state index in [1.165, 1.54) is 35.9 Å². The molecule has 29 heavy (non-hydrogen) atoms. The first-order valence-corrected chi connectivity index (χ1v) is 9.30. The van der Waals surface area contributed by atoms with Crippen LogP contribution in [0.2, 0.25) is 0 Å². The van der Waals surface area contributed by atoms with E-state index >= 15 is 0 Å². The molecule has 0 aromatic heterocycles. The number of hydroxylamine groups is 2. The fraction of sp³-hybridized carbons (Fsp3) is 0.118. The molecule has 2 amide bonds. The predicted octanol–water partition coefficient (Wildman–Crippen LogP) is 2.62. The van der Waals surface area contributed by atoms with Crippen LogP contribution >= 0.6 is 0 Å². The number of hydrogen-bond acceptors (Lipinski definition) is 6. The average Bonchev–Trinajstić information content (AvgIpc) is 2.87. The smallest absolute Gasteiger partial charge is 0.324 e. The second-order valence-corrected chi connectivity index (χ2v) is 7.58. The van der Waals surface area contributed by atoms with Crippen LogP contribution < -0.4 is 4.72 Å². The summed E-state index contributed by atoms with van der Waals surface area (Å²) in [4.78, 5) is 41.5. The van der Waals surface area contributed by atoms with Crippen LogP contribution in [0.4, 0.5) is 18.9 Å². The van der Waals surface area contributed by atoms with Gasteiger partial charge in [-0.3, -0.25) is 14.3 Å². The number of fused-ring (bicyclic) bond motifs is 1. The molecule has 0 radical (unpaired) electrons. The van der Waals surface area contributed by atoms with Gasteiger partial charge in [-0.25, -0.2) is 4.79 Å². The van der Waals surface area contributed by atoms with E-state index in [0.717, 1.165) is 18.2 Å². The standard InChI is InChI=1S/C17H11F3N2O6S/c1-9-8-10(6-7-13(9)21-29(26,27)17(18,19)20)16(25)28-22-14(23)11-4-2-3-5-12(11)15(22)24/h2-8,21H,1H3. The van der Waals surface area contributed by atoms with Crippen molar-refractivity contribution in [1.29, 1.82) is 0 Å². The number of carbonyl (C=O) groups is 3. The highest BCUT2D eigenvalue weighted by Crippen LogP contribution is 2.28. The fourth-order valence-corrected chi connectivity index (χ4v) is 3.13. The summed E-state index contributed by atoms with van der Waals surface area (Å²) in [6.07, 6.45) is 0. The second kappa shape index (κ2) is 6.88. The molecule has 0 spiro atoms. The Hall–Kier alpha value is -3.41. The van der Waals surface area contributed by atoms with E-state index in [1.54, 1.807) is 0 Å². The highest BCUT2D eigenvalue weighted by molar-refractivity contribution is 7.93. The number of aryl methyl sites for hydroxylation is 1. The average molecular weight is 428 g/mol. The van der Waals surface area contributed by atoms with Gasteiger partial charge in [0.2, 0.25) is 0 Å². The molecule has 8 nitrogen and oxygen atoms in total. The first-order valence-electron chi connectivity index (χ1n) is 7.82. The molecule has 0 bridgehead atoms. The highest BCUT2D eigenvalue weighted by Gasteiger charge is 2.46. The van der Waals surface area contributed by atoms with Gasteiger partial charge < -0.3 is 4.84 Å². The van der Waals surface area contributed by atoms with Gasteiger partial charge in [0.1, 0.15) is 0 Å². The first kappa shape index (κ1) is 20.3. The summed E-state index contributed by atoms with van der Waals surface area (Å²) in [5.41, 5.74) is -6.04. The number of alkyl halides is 3. The number of imide groups is 1. The van der Waals surface area contributed by atoms with Gasteiger partial charge in [0.15, 0.2) is 0 Å². The maximum Gasteiger partial charge on any atom is 0.516 e. The van der Waals surface area contributed by atoms with E-state index in [2.05, 4.69) is 0 Å².